The molecule has 10 heteroatoms. The van der Waals surface area contributed by atoms with E-state index in [0.29, 0.717) is 32.3 Å². The first-order chi connectivity index (χ1) is 11.5. The Labute approximate surface area is 166 Å². The Morgan fingerprint density at radius 3 is 2.44 bits per heavy atom. The molecule has 0 aliphatic heterocycles. The van der Waals surface area contributed by atoms with E-state index in [9.17, 15) is 8.42 Å². The van der Waals surface area contributed by atoms with Crippen LogP contribution < -0.4 is 15.4 Å². The van der Waals surface area contributed by atoms with Gasteiger partial charge in [-0.05, 0) is 17.7 Å². The van der Waals surface area contributed by atoms with Crippen LogP contribution in [-0.2, 0) is 26.0 Å². The van der Waals surface area contributed by atoms with Crippen molar-refractivity contribution in [2.75, 3.05) is 47.6 Å². The maximum atomic E-state index is 12.2. The van der Waals surface area contributed by atoms with Gasteiger partial charge in [-0.15, -0.1) is 24.0 Å². The summed E-state index contributed by atoms with van der Waals surface area (Å²) in [7, 11) is 1.28. The lowest BCUT2D eigenvalue weighted by atomic mass is 10.2. The van der Waals surface area contributed by atoms with Gasteiger partial charge in [0.1, 0.15) is 0 Å². The third kappa shape index (κ3) is 9.35. The van der Waals surface area contributed by atoms with Gasteiger partial charge in [0.2, 0.25) is 10.0 Å². The van der Waals surface area contributed by atoms with Crippen LogP contribution in [0.25, 0.3) is 0 Å². The molecule has 0 amide bonds. The SMILES string of the molecule is CN=C(NCCOC)NCc1cccc(S(=O)(=O)NCCOC)c1.I. The van der Waals surface area contributed by atoms with Crippen LogP contribution in [0.5, 0.6) is 0 Å². The molecule has 1 aromatic carbocycles. The summed E-state index contributed by atoms with van der Waals surface area (Å²) in [6.45, 7) is 2.21. The van der Waals surface area contributed by atoms with Crippen LogP contribution in [0.15, 0.2) is 34.2 Å². The van der Waals surface area contributed by atoms with Crippen molar-refractivity contribution >= 4 is 40.0 Å². The molecule has 144 valence electrons. The molecule has 0 aromatic heterocycles. The minimum atomic E-state index is -3.54. The number of rotatable bonds is 10. The van der Waals surface area contributed by atoms with Crippen molar-refractivity contribution < 1.29 is 17.9 Å². The number of hydrogen-bond acceptors (Lipinski definition) is 5. The topological polar surface area (TPSA) is 101 Å². The zero-order valence-electron chi connectivity index (χ0n) is 14.7. The number of aliphatic imine (C=N–C) groups is 1. The first kappa shape index (κ1) is 24.1. The summed E-state index contributed by atoms with van der Waals surface area (Å²) in [5.74, 6) is 0.624. The summed E-state index contributed by atoms with van der Waals surface area (Å²) in [5.41, 5.74) is 0.833. The zero-order chi connectivity index (χ0) is 17.8. The van der Waals surface area contributed by atoms with Gasteiger partial charge in [-0.1, -0.05) is 12.1 Å². The number of benzene rings is 1. The Balaban J connectivity index is 0.00000576. The molecule has 8 nitrogen and oxygen atoms in total. The Kier molecular flexibility index (Phi) is 12.8. The molecule has 1 aromatic rings. The minimum Gasteiger partial charge on any atom is -0.383 e. The lowest BCUT2D eigenvalue weighted by Gasteiger charge is -2.12. The maximum Gasteiger partial charge on any atom is 0.240 e. The van der Waals surface area contributed by atoms with E-state index >= 15 is 0 Å². The predicted octanol–water partition coefficient (Wildman–Crippen LogP) is 0.541. The van der Waals surface area contributed by atoms with E-state index in [2.05, 4.69) is 20.3 Å². The molecule has 0 fully saturated rings. The van der Waals surface area contributed by atoms with Crippen LogP contribution >= 0.6 is 24.0 Å². The molecule has 0 spiro atoms. The van der Waals surface area contributed by atoms with Crippen LogP contribution in [0, 0.1) is 0 Å². The van der Waals surface area contributed by atoms with Gasteiger partial charge in [-0.2, -0.15) is 0 Å². The van der Waals surface area contributed by atoms with Crippen molar-refractivity contribution in [1.29, 1.82) is 0 Å². The third-order valence-corrected chi connectivity index (χ3v) is 4.55. The van der Waals surface area contributed by atoms with E-state index in [1.165, 1.54) is 7.11 Å². The monoisotopic (exact) mass is 486 g/mol. The molecule has 0 bridgehead atoms. The highest BCUT2D eigenvalue weighted by Gasteiger charge is 2.13. The fraction of sp³-hybridized carbons (Fsp3) is 0.533. The molecular weight excluding hydrogens is 459 g/mol. The zero-order valence-corrected chi connectivity index (χ0v) is 17.9. The van der Waals surface area contributed by atoms with Gasteiger partial charge >= 0.3 is 0 Å². The van der Waals surface area contributed by atoms with Crippen molar-refractivity contribution in [2.24, 2.45) is 4.99 Å². The standard InChI is InChI=1S/C15H26N4O4S.HI/c1-16-15(17-7-9-22-2)18-12-13-5-4-6-14(11-13)24(20,21)19-8-10-23-3;/h4-6,11,19H,7-10,12H2,1-3H3,(H2,16,17,18);1H. The van der Waals surface area contributed by atoms with E-state index in [4.69, 9.17) is 9.47 Å². The highest BCUT2D eigenvalue weighted by Crippen LogP contribution is 2.11. The van der Waals surface area contributed by atoms with Gasteiger partial charge in [0.05, 0.1) is 18.1 Å². The normalized spacial score (nSPS) is 11.7. The van der Waals surface area contributed by atoms with Crippen LogP contribution in [0.2, 0.25) is 0 Å². The highest BCUT2D eigenvalue weighted by molar-refractivity contribution is 14.0. The first-order valence-corrected chi connectivity index (χ1v) is 9.02. The van der Waals surface area contributed by atoms with Gasteiger partial charge in [-0.3, -0.25) is 4.99 Å². The van der Waals surface area contributed by atoms with E-state index in [1.54, 1.807) is 32.4 Å². The predicted molar refractivity (Wildman–Crippen MR) is 109 cm³/mol. The van der Waals surface area contributed by atoms with Gasteiger partial charge in [0.25, 0.3) is 0 Å². The molecular formula is C15H27IN4O4S. The average Bonchev–Trinajstić information content (AvgIpc) is 2.58. The molecule has 0 unspecified atom stereocenters. The van der Waals surface area contributed by atoms with Crippen molar-refractivity contribution in [3.8, 4) is 0 Å². The molecule has 0 heterocycles. The van der Waals surface area contributed by atoms with E-state index < -0.39 is 10.0 Å². The fourth-order valence-corrected chi connectivity index (χ4v) is 2.94. The Morgan fingerprint density at radius 2 is 1.80 bits per heavy atom. The van der Waals surface area contributed by atoms with Crippen LogP contribution in [0.4, 0.5) is 0 Å². The molecule has 0 atom stereocenters. The summed E-state index contributed by atoms with van der Waals surface area (Å²) < 4.78 is 36.7. The molecule has 1 rings (SSSR count). The number of hydrogen-bond donors (Lipinski definition) is 3. The molecule has 0 saturated carbocycles. The second-order valence-corrected chi connectivity index (χ2v) is 6.65. The number of nitrogens with one attached hydrogen (secondary N) is 3. The summed E-state index contributed by atoms with van der Waals surface area (Å²) in [5, 5.41) is 6.21. The molecule has 3 N–H and O–H groups in total. The summed E-state index contributed by atoms with van der Waals surface area (Å²) >= 11 is 0. The number of halogens is 1. The maximum absolute atomic E-state index is 12.2. The lowest BCUT2D eigenvalue weighted by Crippen LogP contribution is -2.38. The number of sulfonamides is 1. The molecule has 0 radical (unpaired) electrons. The van der Waals surface area contributed by atoms with Gasteiger partial charge in [0, 0.05) is 40.9 Å². The average molecular weight is 486 g/mol. The minimum absolute atomic E-state index is 0. The van der Waals surface area contributed by atoms with Crippen LogP contribution in [0.1, 0.15) is 5.56 Å². The Morgan fingerprint density at radius 1 is 1.12 bits per heavy atom. The Bertz CT molecular complexity index is 626. The number of guanidine groups is 1. The van der Waals surface area contributed by atoms with Crippen molar-refractivity contribution in [2.45, 2.75) is 11.4 Å². The van der Waals surface area contributed by atoms with Crippen molar-refractivity contribution in [3.05, 3.63) is 29.8 Å². The lowest BCUT2D eigenvalue weighted by molar-refractivity contribution is 0.203. The van der Waals surface area contributed by atoms with Crippen LogP contribution in [0.3, 0.4) is 0 Å². The largest absolute Gasteiger partial charge is 0.383 e. The summed E-state index contributed by atoms with van der Waals surface area (Å²) in [4.78, 5) is 4.31. The smallest absolute Gasteiger partial charge is 0.240 e. The first-order valence-electron chi connectivity index (χ1n) is 7.54. The van der Waals surface area contributed by atoms with Gasteiger partial charge in [0.15, 0.2) is 5.96 Å². The molecule has 0 aliphatic rings. The molecule has 0 saturated heterocycles. The molecule has 25 heavy (non-hydrogen) atoms. The Hall–Kier alpha value is -0.950. The summed E-state index contributed by atoms with van der Waals surface area (Å²) in [6.07, 6.45) is 0. The van der Waals surface area contributed by atoms with E-state index in [-0.39, 0.29) is 35.4 Å². The third-order valence-electron chi connectivity index (χ3n) is 3.09. The molecule has 0 aliphatic carbocycles. The van der Waals surface area contributed by atoms with Crippen molar-refractivity contribution in [1.82, 2.24) is 15.4 Å². The van der Waals surface area contributed by atoms with Gasteiger partial charge in [-0.25, -0.2) is 13.1 Å². The second kappa shape index (κ2) is 13.3. The van der Waals surface area contributed by atoms with Gasteiger partial charge < -0.3 is 20.1 Å². The van der Waals surface area contributed by atoms with E-state index in [1.807, 2.05) is 6.07 Å². The van der Waals surface area contributed by atoms with Crippen molar-refractivity contribution in [3.63, 3.8) is 0 Å². The number of methoxy groups -OCH3 is 2. The van der Waals surface area contributed by atoms with Crippen LogP contribution in [-0.4, -0.2) is 61.9 Å². The summed E-state index contributed by atoms with van der Waals surface area (Å²) in [6, 6.07) is 6.75. The number of ether oxygens (including phenoxy) is 2. The highest BCUT2D eigenvalue weighted by atomic mass is 127. The van der Waals surface area contributed by atoms with E-state index in [0.717, 1.165) is 5.56 Å². The quantitative estimate of drug-likeness (QED) is 0.193. The fourth-order valence-electron chi connectivity index (χ4n) is 1.86. The number of nitrogens with zero attached hydrogens (tertiary/aromatic N) is 1. The second-order valence-electron chi connectivity index (χ2n) is 4.88.